The highest BCUT2D eigenvalue weighted by atomic mass is 16.2. The van der Waals surface area contributed by atoms with Gasteiger partial charge in [0.2, 0.25) is 0 Å². The van der Waals surface area contributed by atoms with E-state index in [-0.39, 0.29) is 6.61 Å². The molecule has 1 heteroatoms. The molecule has 0 saturated carbocycles. The van der Waals surface area contributed by atoms with Crippen molar-refractivity contribution in [1.29, 1.82) is 0 Å². The maximum absolute atomic E-state index is 8.16. The summed E-state index contributed by atoms with van der Waals surface area (Å²) in [5, 5.41) is 8.16. The zero-order valence-corrected chi connectivity index (χ0v) is 5.02. The number of hydrogen-bond acceptors (Lipinski definition) is 1. The van der Waals surface area contributed by atoms with Gasteiger partial charge in [-0.1, -0.05) is 24.8 Å². The average Bonchev–Trinajstić information content (AvgIpc) is 1.81. The lowest BCUT2D eigenvalue weighted by atomic mass is 10.4. The summed E-state index contributed by atoms with van der Waals surface area (Å²) in [5.41, 5.74) is 0. The third-order valence-corrected chi connectivity index (χ3v) is 0.618. The van der Waals surface area contributed by atoms with E-state index in [1.807, 2.05) is 13.0 Å². The van der Waals surface area contributed by atoms with Crippen LogP contribution in [0.15, 0.2) is 12.2 Å². The van der Waals surface area contributed by atoms with E-state index in [1.165, 1.54) is 0 Å². The van der Waals surface area contributed by atoms with E-state index in [0.717, 1.165) is 6.42 Å². The molecule has 0 amide bonds. The highest BCUT2D eigenvalue weighted by Crippen LogP contribution is 1.75. The minimum absolute atomic E-state index is 0.0476. The number of aliphatic hydroxyl groups excluding tert-OH is 1. The van der Waals surface area contributed by atoms with E-state index in [4.69, 9.17) is 5.11 Å². The molecule has 0 radical (unpaired) electrons. The molecule has 0 aliphatic heterocycles. The number of hydrogen-bond donors (Lipinski definition) is 1. The molecule has 0 aromatic rings. The van der Waals surface area contributed by atoms with Crippen LogP contribution in [0.4, 0.5) is 0 Å². The number of aliphatic hydroxyl groups is 1. The van der Waals surface area contributed by atoms with Crippen LogP contribution in [-0.2, 0) is 0 Å². The molecule has 0 spiro atoms. The molecular formula is C7H10O. The molecule has 0 rings (SSSR count). The maximum Gasteiger partial charge on any atom is 0.104 e. The van der Waals surface area contributed by atoms with Gasteiger partial charge in [0.25, 0.3) is 0 Å². The van der Waals surface area contributed by atoms with Gasteiger partial charge in [-0.3, -0.25) is 0 Å². The molecule has 0 unspecified atom stereocenters. The van der Waals surface area contributed by atoms with E-state index >= 15 is 0 Å². The molecule has 0 fully saturated rings. The predicted molar refractivity (Wildman–Crippen MR) is 34.3 cm³/mol. The quantitative estimate of drug-likeness (QED) is 0.498. The zero-order valence-electron chi connectivity index (χ0n) is 5.02. The summed E-state index contributed by atoms with van der Waals surface area (Å²) < 4.78 is 0. The lowest BCUT2D eigenvalue weighted by Gasteiger charge is -1.69. The van der Waals surface area contributed by atoms with Crippen LogP contribution in [0.3, 0.4) is 0 Å². The standard InChI is InChI=1S/C7H10O/c1-2-3-4-5-6-7-8/h3-4,8H,2,7H2,1H3/b4-3+. The van der Waals surface area contributed by atoms with Gasteiger partial charge < -0.3 is 5.11 Å². The first-order chi connectivity index (χ1) is 3.91. The molecule has 0 aliphatic carbocycles. The first-order valence-corrected chi connectivity index (χ1v) is 2.66. The van der Waals surface area contributed by atoms with E-state index in [2.05, 4.69) is 11.8 Å². The van der Waals surface area contributed by atoms with Crippen molar-refractivity contribution < 1.29 is 5.11 Å². The first-order valence-electron chi connectivity index (χ1n) is 2.66. The van der Waals surface area contributed by atoms with Crippen LogP contribution >= 0.6 is 0 Å². The second kappa shape index (κ2) is 6.26. The molecule has 44 valence electrons. The normalized spacial score (nSPS) is 8.75. The lowest BCUT2D eigenvalue weighted by Crippen LogP contribution is -1.68. The molecule has 1 nitrogen and oxygen atoms in total. The van der Waals surface area contributed by atoms with Crippen molar-refractivity contribution in [2.75, 3.05) is 6.61 Å². The Morgan fingerprint density at radius 2 is 2.38 bits per heavy atom. The van der Waals surface area contributed by atoms with Gasteiger partial charge in [-0.25, -0.2) is 0 Å². The summed E-state index contributed by atoms with van der Waals surface area (Å²) >= 11 is 0. The molecular weight excluding hydrogens is 100 g/mol. The Kier molecular flexibility index (Phi) is 5.68. The largest absolute Gasteiger partial charge is 0.384 e. The smallest absolute Gasteiger partial charge is 0.104 e. The van der Waals surface area contributed by atoms with Gasteiger partial charge in [0.05, 0.1) is 0 Å². The van der Waals surface area contributed by atoms with Crippen LogP contribution in [0, 0.1) is 11.8 Å². The van der Waals surface area contributed by atoms with Crippen molar-refractivity contribution in [3.05, 3.63) is 12.2 Å². The summed E-state index contributed by atoms with van der Waals surface area (Å²) in [6.07, 6.45) is 4.69. The van der Waals surface area contributed by atoms with Crippen LogP contribution in [-0.4, -0.2) is 11.7 Å². The van der Waals surface area contributed by atoms with Crippen molar-refractivity contribution >= 4 is 0 Å². The lowest BCUT2D eigenvalue weighted by molar-refractivity contribution is 0.350. The average molecular weight is 110 g/mol. The van der Waals surface area contributed by atoms with Crippen molar-refractivity contribution in [2.24, 2.45) is 0 Å². The molecule has 0 aromatic heterocycles. The van der Waals surface area contributed by atoms with Crippen molar-refractivity contribution in [2.45, 2.75) is 13.3 Å². The van der Waals surface area contributed by atoms with Gasteiger partial charge in [0.15, 0.2) is 0 Å². The van der Waals surface area contributed by atoms with Crippen molar-refractivity contribution in [3.8, 4) is 11.8 Å². The fraction of sp³-hybridized carbons (Fsp3) is 0.429. The van der Waals surface area contributed by atoms with E-state index in [9.17, 15) is 0 Å². The Morgan fingerprint density at radius 3 is 2.88 bits per heavy atom. The topological polar surface area (TPSA) is 20.2 Å². The van der Waals surface area contributed by atoms with Crippen LogP contribution in [0.5, 0.6) is 0 Å². The zero-order chi connectivity index (χ0) is 6.24. The molecule has 0 bridgehead atoms. The summed E-state index contributed by atoms with van der Waals surface area (Å²) in [4.78, 5) is 0. The maximum atomic E-state index is 8.16. The molecule has 0 heterocycles. The minimum atomic E-state index is -0.0476. The molecule has 0 aromatic carbocycles. The number of rotatable bonds is 1. The van der Waals surface area contributed by atoms with Gasteiger partial charge in [-0.15, -0.1) is 0 Å². The SMILES string of the molecule is CC/C=C/C#CCO. The monoisotopic (exact) mass is 110 g/mol. The summed E-state index contributed by atoms with van der Waals surface area (Å²) in [7, 11) is 0. The van der Waals surface area contributed by atoms with Gasteiger partial charge in [-0.05, 0) is 12.5 Å². The summed E-state index contributed by atoms with van der Waals surface area (Å²) in [6, 6.07) is 0. The second-order valence-electron chi connectivity index (χ2n) is 1.29. The fourth-order valence-corrected chi connectivity index (χ4v) is 0.281. The van der Waals surface area contributed by atoms with Crippen LogP contribution in [0.1, 0.15) is 13.3 Å². The highest BCUT2D eigenvalue weighted by Gasteiger charge is 1.59. The molecule has 0 atom stereocenters. The first kappa shape index (κ1) is 7.26. The predicted octanol–water partition coefficient (Wildman–Crippen LogP) is 0.948. The van der Waals surface area contributed by atoms with Crippen LogP contribution in [0.2, 0.25) is 0 Å². The van der Waals surface area contributed by atoms with E-state index < -0.39 is 0 Å². The summed E-state index contributed by atoms with van der Waals surface area (Å²) in [6.45, 7) is 1.99. The molecule has 8 heavy (non-hydrogen) atoms. The van der Waals surface area contributed by atoms with Crippen LogP contribution in [0.25, 0.3) is 0 Å². The van der Waals surface area contributed by atoms with Gasteiger partial charge in [-0.2, -0.15) is 0 Å². The van der Waals surface area contributed by atoms with Crippen molar-refractivity contribution in [3.63, 3.8) is 0 Å². The molecule has 0 aliphatic rings. The Bertz CT molecular complexity index is 114. The Morgan fingerprint density at radius 1 is 1.62 bits per heavy atom. The third-order valence-electron chi connectivity index (χ3n) is 0.618. The number of allylic oxidation sites excluding steroid dienone is 2. The summed E-state index contributed by atoms with van der Waals surface area (Å²) in [5.74, 6) is 5.16. The molecule has 1 N–H and O–H groups in total. The van der Waals surface area contributed by atoms with Gasteiger partial charge in [0, 0.05) is 0 Å². The van der Waals surface area contributed by atoms with E-state index in [0.29, 0.717) is 0 Å². The van der Waals surface area contributed by atoms with Crippen LogP contribution < -0.4 is 0 Å². The van der Waals surface area contributed by atoms with Crippen molar-refractivity contribution in [1.82, 2.24) is 0 Å². The Labute approximate surface area is 50.0 Å². The minimum Gasteiger partial charge on any atom is -0.384 e. The fourth-order valence-electron chi connectivity index (χ4n) is 0.281. The van der Waals surface area contributed by atoms with Gasteiger partial charge in [0.1, 0.15) is 6.61 Å². The Hall–Kier alpha value is -0.740. The highest BCUT2D eigenvalue weighted by molar-refractivity contribution is 5.14. The molecule has 0 saturated heterocycles. The van der Waals surface area contributed by atoms with E-state index in [1.54, 1.807) is 6.08 Å². The Balaban J connectivity index is 3.26. The third kappa shape index (κ3) is 5.26. The second-order valence-corrected chi connectivity index (χ2v) is 1.29. The van der Waals surface area contributed by atoms with Gasteiger partial charge >= 0.3 is 0 Å².